The lowest BCUT2D eigenvalue weighted by Crippen LogP contribution is -2.11. The number of ether oxygens (including phenoxy) is 2. The Kier molecular flexibility index (Phi) is 6.19. The molecule has 2 aromatic carbocycles. The van der Waals surface area contributed by atoms with Crippen LogP contribution in [-0.4, -0.2) is 24.1 Å². The fourth-order valence-electron chi connectivity index (χ4n) is 2.01. The van der Waals surface area contributed by atoms with Crippen molar-refractivity contribution in [1.29, 1.82) is 0 Å². The number of amides is 1. The molecule has 6 heteroatoms. The highest BCUT2D eigenvalue weighted by molar-refractivity contribution is 5.90. The average Bonchev–Trinajstić information content (AvgIpc) is 2.57. The number of carbonyl (C=O) groups excluding carboxylic acids is 1. The highest BCUT2D eigenvalue weighted by Crippen LogP contribution is 2.25. The number of benzene rings is 2. The first-order chi connectivity index (χ1) is 11.6. The Morgan fingerprint density at radius 3 is 2.00 bits per heavy atom. The predicted octanol–water partition coefficient (Wildman–Crippen LogP) is 3.68. The minimum absolute atomic E-state index is 0.0118. The standard InChI is InChI=1S/C18H19NO5/c1-23-14-9-11-16(12-10-14)24-15-7-5-13(6-8-15)19-17(20)3-2-4-18(21)22/h5-12H,2-4H2,1H3,(H,19,20)(H,21,22). The van der Waals surface area contributed by atoms with Crippen LogP contribution in [0.4, 0.5) is 5.69 Å². The molecular weight excluding hydrogens is 310 g/mol. The van der Waals surface area contributed by atoms with Crippen molar-refractivity contribution < 1.29 is 24.2 Å². The normalized spacial score (nSPS) is 10.0. The second-order valence-corrected chi connectivity index (χ2v) is 5.10. The molecule has 2 rings (SSSR count). The van der Waals surface area contributed by atoms with Crippen LogP contribution in [0.25, 0.3) is 0 Å². The Morgan fingerprint density at radius 2 is 1.46 bits per heavy atom. The van der Waals surface area contributed by atoms with Gasteiger partial charge in [0.15, 0.2) is 0 Å². The molecule has 0 atom stereocenters. The van der Waals surface area contributed by atoms with E-state index in [1.54, 1.807) is 55.6 Å². The van der Waals surface area contributed by atoms with E-state index in [9.17, 15) is 9.59 Å². The van der Waals surface area contributed by atoms with Crippen LogP contribution in [0, 0.1) is 0 Å². The largest absolute Gasteiger partial charge is 0.497 e. The molecule has 0 aliphatic carbocycles. The number of aliphatic carboxylic acids is 1. The number of carbonyl (C=O) groups is 2. The van der Waals surface area contributed by atoms with Crippen LogP contribution in [0.5, 0.6) is 17.2 Å². The van der Waals surface area contributed by atoms with E-state index < -0.39 is 5.97 Å². The molecule has 2 aromatic rings. The quantitative estimate of drug-likeness (QED) is 0.771. The molecule has 0 heterocycles. The van der Waals surface area contributed by atoms with Gasteiger partial charge in [0.25, 0.3) is 0 Å². The van der Waals surface area contributed by atoms with Crippen LogP contribution in [0.3, 0.4) is 0 Å². The number of rotatable bonds is 8. The molecule has 0 aliphatic rings. The number of nitrogens with one attached hydrogen (secondary N) is 1. The van der Waals surface area contributed by atoms with E-state index in [0.29, 0.717) is 23.6 Å². The Morgan fingerprint density at radius 1 is 0.917 bits per heavy atom. The van der Waals surface area contributed by atoms with Gasteiger partial charge in [-0.1, -0.05) is 0 Å². The van der Waals surface area contributed by atoms with Gasteiger partial charge < -0.3 is 19.9 Å². The van der Waals surface area contributed by atoms with Crippen molar-refractivity contribution in [3.8, 4) is 17.2 Å². The third-order valence-corrected chi connectivity index (χ3v) is 3.23. The molecule has 0 saturated heterocycles. The van der Waals surface area contributed by atoms with E-state index >= 15 is 0 Å². The van der Waals surface area contributed by atoms with E-state index in [1.807, 2.05) is 0 Å². The summed E-state index contributed by atoms with van der Waals surface area (Å²) in [4.78, 5) is 22.1. The van der Waals surface area contributed by atoms with Crippen LogP contribution in [-0.2, 0) is 9.59 Å². The van der Waals surface area contributed by atoms with Gasteiger partial charge in [0.2, 0.25) is 5.91 Å². The van der Waals surface area contributed by atoms with Crippen molar-refractivity contribution in [2.24, 2.45) is 0 Å². The number of hydrogen-bond donors (Lipinski definition) is 2. The summed E-state index contributed by atoms with van der Waals surface area (Å²) in [6.45, 7) is 0. The summed E-state index contributed by atoms with van der Waals surface area (Å²) in [5.74, 6) is 0.969. The number of carboxylic acids is 1. The average molecular weight is 329 g/mol. The molecule has 0 bridgehead atoms. The van der Waals surface area contributed by atoms with E-state index in [4.69, 9.17) is 14.6 Å². The molecule has 0 radical (unpaired) electrons. The molecule has 0 aromatic heterocycles. The van der Waals surface area contributed by atoms with Gasteiger partial charge in [0.05, 0.1) is 7.11 Å². The molecule has 126 valence electrons. The van der Waals surface area contributed by atoms with Gasteiger partial charge >= 0.3 is 5.97 Å². The Balaban J connectivity index is 1.85. The molecule has 0 spiro atoms. The van der Waals surface area contributed by atoms with Crippen molar-refractivity contribution in [2.45, 2.75) is 19.3 Å². The maximum Gasteiger partial charge on any atom is 0.303 e. The molecule has 6 nitrogen and oxygen atoms in total. The number of methoxy groups -OCH3 is 1. The van der Waals surface area contributed by atoms with Gasteiger partial charge in [0, 0.05) is 18.5 Å². The van der Waals surface area contributed by atoms with Crippen molar-refractivity contribution >= 4 is 17.6 Å². The number of anilines is 1. The fraction of sp³-hybridized carbons (Fsp3) is 0.222. The first kappa shape index (κ1) is 17.3. The van der Waals surface area contributed by atoms with Crippen molar-refractivity contribution in [1.82, 2.24) is 0 Å². The Labute approximate surface area is 140 Å². The fourth-order valence-corrected chi connectivity index (χ4v) is 2.01. The highest BCUT2D eigenvalue weighted by atomic mass is 16.5. The first-order valence-electron chi connectivity index (χ1n) is 7.50. The van der Waals surface area contributed by atoms with Gasteiger partial charge in [-0.05, 0) is 55.0 Å². The second kappa shape index (κ2) is 8.57. The van der Waals surface area contributed by atoms with Gasteiger partial charge in [-0.15, -0.1) is 0 Å². The zero-order valence-corrected chi connectivity index (χ0v) is 13.3. The van der Waals surface area contributed by atoms with Crippen LogP contribution in [0.15, 0.2) is 48.5 Å². The summed E-state index contributed by atoms with van der Waals surface area (Å²) in [6.07, 6.45) is 0.484. The van der Waals surface area contributed by atoms with Crippen LogP contribution in [0.2, 0.25) is 0 Å². The van der Waals surface area contributed by atoms with Crippen molar-refractivity contribution in [3.05, 3.63) is 48.5 Å². The zero-order valence-electron chi connectivity index (χ0n) is 13.3. The second-order valence-electron chi connectivity index (χ2n) is 5.10. The zero-order chi connectivity index (χ0) is 17.4. The molecule has 24 heavy (non-hydrogen) atoms. The minimum Gasteiger partial charge on any atom is -0.497 e. The van der Waals surface area contributed by atoms with Crippen LogP contribution < -0.4 is 14.8 Å². The number of hydrogen-bond acceptors (Lipinski definition) is 4. The third kappa shape index (κ3) is 5.64. The lowest BCUT2D eigenvalue weighted by molar-refractivity contribution is -0.137. The molecule has 2 N–H and O–H groups in total. The predicted molar refractivity (Wildman–Crippen MR) is 89.6 cm³/mol. The van der Waals surface area contributed by atoms with Gasteiger partial charge in [-0.25, -0.2) is 0 Å². The maximum atomic E-state index is 11.7. The van der Waals surface area contributed by atoms with E-state index in [1.165, 1.54) is 0 Å². The van der Waals surface area contributed by atoms with E-state index in [2.05, 4.69) is 5.32 Å². The van der Waals surface area contributed by atoms with E-state index in [0.717, 1.165) is 5.75 Å². The summed E-state index contributed by atoms with van der Waals surface area (Å²) in [6, 6.07) is 14.2. The van der Waals surface area contributed by atoms with Gasteiger partial charge in [0.1, 0.15) is 17.2 Å². The minimum atomic E-state index is -0.900. The van der Waals surface area contributed by atoms with Crippen molar-refractivity contribution in [3.63, 3.8) is 0 Å². The maximum absolute atomic E-state index is 11.7. The van der Waals surface area contributed by atoms with Gasteiger partial charge in [-0.3, -0.25) is 9.59 Å². The number of carboxylic acid groups (broad SMARTS) is 1. The Hall–Kier alpha value is -3.02. The summed E-state index contributed by atoms with van der Waals surface area (Å²) in [5, 5.41) is 11.3. The lowest BCUT2D eigenvalue weighted by atomic mass is 10.2. The Bertz CT molecular complexity index is 680. The molecule has 0 unspecified atom stereocenters. The summed E-state index contributed by atoms with van der Waals surface area (Å²) in [5.41, 5.74) is 0.636. The molecule has 0 saturated carbocycles. The third-order valence-electron chi connectivity index (χ3n) is 3.23. The summed E-state index contributed by atoms with van der Waals surface area (Å²) < 4.78 is 10.8. The van der Waals surface area contributed by atoms with Crippen molar-refractivity contribution in [2.75, 3.05) is 12.4 Å². The highest BCUT2D eigenvalue weighted by Gasteiger charge is 2.05. The van der Waals surface area contributed by atoms with Crippen LogP contribution >= 0.6 is 0 Å². The SMILES string of the molecule is COc1ccc(Oc2ccc(NC(=O)CCCC(=O)O)cc2)cc1. The molecule has 0 aliphatic heterocycles. The smallest absolute Gasteiger partial charge is 0.303 e. The van der Waals surface area contributed by atoms with Gasteiger partial charge in [-0.2, -0.15) is 0 Å². The summed E-state index contributed by atoms with van der Waals surface area (Å²) >= 11 is 0. The first-order valence-corrected chi connectivity index (χ1v) is 7.50. The molecule has 0 fully saturated rings. The van der Waals surface area contributed by atoms with Crippen LogP contribution in [0.1, 0.15) is 19.3 Å². The van der Waals surface area contributed by atoms with E-state index in [-0.39, 0.29) is 18.7 Å². The topological polar surface area (TPSA) is 84.9 Å². The molecular formula is C18H19NO5. The lowest BCUT2D eigenvalue weighted by Gasteiger charge is -2.08. The molecule has 1 amide bonds. The summed E-state index contributed by atoms with van der Waals surface area (Å²) in [7, 11) is 1.60. The monoisotopic (exact) mass is 329 g/mol.